The van der Waals surface area contributed by atoms with Crippen molar-refractivity contribution in [3.63, 3.8) is 0 Å². The van der Waals surface area contributed by atoms with Crippen LogP contribution in [0.25, 0.3) is 73.4 Å². The molecule has 0 unspecified atom stereocenters. The maximum atomic E-state index is 5.09. The third-order valence-corrected chi connectivity index (χ3v) is 8.68. The van der Waals surface area contributed by atoms with Gasteiger partial charge < -0.3 is 0 Å². The first kappa shape index (κ1) is 32.9. The van der Waals surface area contributed by atoms with Crippen molar-refractivity contribution in [1.29, 1.82) is 0 Å². The highest BCUT2D eigenvalue weighted by molar-refractivity contribution is 5.82. The summed E-state index contributed by atoms with van der Waals surface area (Å²) in [6, 6.07) is 46.1. The van der Waals surface area contributed by atoms with Crippen LogP contribution in [-0.2, 0) is 0 Å². The van der Waals surface area contributed by atoms with Crippen LogP contribution in [0.2, 0.25) is 0 Å². The predicted molar refractivity (Wildman–Crippen MR) is 212 cm³/mol. The Morgan fingerprint density at radius 2 is 1.00 bits per heavy atom. The molecule has 0 atom stereocenters. The van der Waals surface area contributed by atoms with Crippen LogP contribution in [0.1, 0.15) is 23.6 Å². The van der Waals surface area contributed by atoms with Gasteiger partial charge in [0.2, 0.25) is 0 Å². The number of benzene rings is 5. The molecular weight excluding hydrogens is 623 g/mol. The van der Waals surface area contributed by atoms with Gasteiger partial charge in [0.15, 0.2) is 17.5 Å². The first-order chi connectivity index (χ1) is 25.0. The van der Waals surface area contributed by atoms with Gasteiger partial charge >= 0.3 is 0 Å². The van der Waals surface area contributed by atoms with Crippen molar-refractivity contribution in [2.45, 2.75) is 20.8 Å². The largest absolute Gasteiger partial charge is 0.261 e. The summed E-state index contributed by atoms with van der Waals surface area (Å²) in [6.07, 6.45) is 7.29. The molecule has 51 heavy (non-hydrogen) atoms. The van der Waals surface area contributed by atoms with Gasteiger partial charge in [-0.05, 0) is 79.4 Å². The molecule has 0 N–H and O–H groups in total. The van der Waals surface area contributed by atoms with Crippen molar-refractivity contribution in [2.75, 3.05) is 0 Å². The maximum Gasteiger partial charge on any atom is 0.164 e. The minimum atomic E-state index is 0.606. The Bertz CT molecular complexity index is 2290. The molecule has 0 aliphatic rings. The zero-order chi connectivity index (χ0) is 35.2. The highest BCUT2D eigenvalue weighted by atomic mass is 15.0. The van der Waals surface area contributed by atoms with Gasteiger partial charge in [0.1, 0.15) is 0 Å². The summed E-state index contributed by atoms with van der Waals surface area (Å²) in [5, 5.41) is 0. The van der Waals surface area contributed by atoms with Crippen LogP contribution in [0.15, 0.2) is 163 Å². The molecule has 0 amide bonds. The van der Waals surface area contributed by atoms with E-state index in [1.165, 1.54) is 11.1 Å². The summed E-state index contributed by atoms with van der Waals surface area (Å²) < 4.78 is 0. The molecule has 0 saturated carbocycles. The highest BCUT2D eigenvalue weighted by Gasteiger charge is 2.15. The normalized spacial score (nSPS) is 11.5. The average Bonchev–Trinajstić information content (AvgIpc) is 3.18. The summed E-state index contributed by atoms with van der Waals surface area (Å²) in [7, 11) is 0. The van der Waals surface area contributed by atoms with Gasteiger partial charge in [-0.15, -0.1) is 0 Å². The van der Waals surface area contributed by atoms with Gasteiger partial charge in [-0.3, -0.25) is 9.98 Å². The van der Waals surface area contributed by atoms with Crippen LogP contribution in [0.3, 0.4) is 0 Å². The summed E-state index contributed by atoms with van der Waals surface area (Å²) >= 11 is 0. The van der Waals surface area contributed by atoms with Gasteiger partial charge in [-0.1, -0.05) is 127 Å². The van der Waals surface area contributed by atoms with E-state index < -0.39 is 0 Å². The van der Waals surface area contributed by atoms with Crippen LogP contribution in [0.5, 0.6) is 0 Å². The van der Waals surface area contributed by atoms with E-state index in [1.54, 1.807) is 12.3 Å². The number of hydrogen-bond acceptors (Lipinski definition) is 5. The fourth-order valence-electron chi connectivity index (χ4n) is 5.92. The van der Waals surface area contributed by atoms with E-state index in [-0.39, 0.29) is 0 Å². The van der Waals surface area contributed by atoms with Gasteiger partial charge in [-0.2, -0.15) is 0 Å². The fourth-order valence-corrected chi connectivity index (χ4v) is 5.92. The second-order valence-electron chi connectivity index (χ2n) is 12.4. The minimum absolute atomic E-state index is 0.606. The van der Waals surface area contributed by atoms with Gasteiger partial charge in [0.05, 0.1) is 11.4 Å². The molecule has 7 rings (SSSR count). The van der Waals surface area contributed by atoms with E-state index >= 15 is 0 Å². The Labute approximate surface area is 299 Å². The fraction of sp³-hybridized carbons (Fsp3) is 0.0652. The van der Waals surface area contributed by atoms with E-state index in [0.29, 0.717) is 17.5 Å². The molecule has 0 spiro atoms. The SMILES string of the molecule is C=C/C=C(\N=C/C)c1ccc(-c2cc(-c3ccc(-c4ccccn4)cc3)cc(-c3nc(-c4ccc(C)cc4)nc(-c4ccc(C)cc4)n3)c2)cc1. The van der Waals surface area contributed by atoms with Crippen LogP contribution in [0.4, 0.5) is 0 Å². The van der Waals surface area contributed by atoms with Gasteiger partial charge in [-0.25, -0.2) is 15.0 Å². The van der Waals surface area contributed by atoms with Crippen molar-refractivity contribution < 1.29 is 0 Å². The number of allylic oxidation sites excluding steroid dienone is 2. The van der Waals surface area contributed by atoms with E-state index in [0.717, 1.165) is 61.5 Å². The van der Waals surface area contributed by atoms with E-state index in [4.69, 9.17) is 15.0 Å². The lowest BCUT2D eigenvalue weighted by Gasteiger charge is -2.13. The lowest BCUT2D eigenvalue weighted by Crippen LogP contribution is -2.00. The van der Waals surface area contributed by atoms with Crippen LogP contribution in [-0.4, -0.2) is 26.2 Å². The Hall–Kier alpha value is -6.59. The van der Waals surface area contributed by atoms with Crippen molar-refractivity contribution in [1.82, 2.24) is 19.9 Å². The minimum Gasteiger partial charge on any atom is -0.261 e. The van der Waals surface area contributed by atoms with Crippen molar-refractivity contribution in [2.24, 2.45) is 4.99 Å². The van der Waals surface area contributed by atoms with Crippen LogP contribution < -0.4 is 0 Å². The molecule has 2 aromatic heterocycles. The third-order valence-electron chi connectivity index (χ3n) is 8.68. The molecule has 0 radical (unpaired) electrons. The first-order valence-corrected chi connectivity index (χ1v) is 17.0. The Kier molecular flexibility index (Phi) is 9.62. The summed E-state index contributed by atoms with van der Waals surface area (Å²) in [4.78, 5) is 24.2. The zero-order valence-electron chi connectivity index (χ0n) is 29.0. The lowest BCUT2D eigenvalue weighted by atomic mass is 9.94. The molecule has 0 fully saturated rings. The number of aromatic nitrogens is 4. The summed E-state index contributed by atoms with van der Waals surface area (Å²) in [5.74, 6) is 1.86. The van der Waals surface area contributed by atoms with Crippen LogP contribution >= 0.6 is 0 Å². The quantitative estimate of drug-likeness (QED) is 0.114. The molecule has 0 aliphatic carbocycles. The van der Waals surface area contributed by atoms with E-state index in [1.807, 2.05) is 37.4 Å². The smallest absolute Gasteiger partial charge is 0.164 e. The maximum absolute atomic E-state index is 5.09. The second-order valence-corrected chi connectivity index (χ2v) is 12.4. The first-order valence-electron chi connectivity index (χ1n) is 17.0. The molecule has 5 aromatic carbocycles. The third kappa shape index (κ3) is 7.53. The Morgan fingerprint density at radius 3 is 1.49 bits per heavy atom. The van der Waals surface area contributed by atoms with Gasteiger partial charge in [0, 0.05) is 40.2 Å². The number of hydrogen-bond donors (Lipinski definition) is 0. The average molecular weight is 660 g/mol. The van der Waals surface area contributed by atoms with E-state index in [2.05, 4.69) is 146 Å². The van der Waals surface area contributed by atoms with Crippen molar-refractivity contribution >= 4 is 11.9 Å². The van der Waals surface area contributed by atoms with Gasteiger partial charge in [0.25, 0.3) is 0 Å². The molecule has 0 bridgehead atoms. The number of nitrogens with zero attached hydrogens (tertiary/aromatic N) is 5. The van der Waals surface area contributed by atoms with Crippen molar-refractivity contribution in [3.05, 3.63) is 175 Å². The molecule has 246 valence electrons. The highest BCUT2D eigenvalue weighted by Crippen LogP contribution is 2.35. The molecule has 0 aliphatic heterocycles. The molecule has 5 nitrogen and oxygen atoms in total. The molecular formula is C46H37N5. The zero-order valence-corrected chi connectivity index (χ0v) is 29.0. The van der Waals surface area contributed by atoms with Crippen LogP contribution in [0, 0.1) is 13.8 Å². The Balaban J connectivity index is 1.39. The lowest BCUT2D eigenvalue weighted by molar-refractivity contribution is 1.07. The number of aryl methyl sites for hydroxylation is 2. The molecule has 2 heterocycles. The molecule has 5 heteroatoms. The predicted octanol–water partition coefficient (Wildman–Crippen LogP) is 11.5. The monoisotopic (exact) mass is 659 g/mol. The number of pyridine rings is 1. The molecule has 7 aromatic rings. The second kappa shape index (κ2) is 14.9. The van der Waals surface area contributed by atoms with E-state index in [9.17, 15) is 0 Å². The standard InChI is InChI=1S/C46H37N5/c1-5-9-42(47-6-2)35-23-19-33(20-24-35)39-28-40(34-21-25-36(26-22-34)43-10-7-8-27-48-43)30-41(29-39)46-50-44(37-15-11-31(3)12-16-37)49-45(51-46)38-17-13-32(4)14-18-38/h5-30H,1H2,2-4H3/b42-9-,47-6-. The number of rotatable bonds is 9. The van der Waals surface area contributed by atoms with Crippen molar-refractivity contribution in [3.8, 4) is 67.7 Å². The topological polar surface area (TPSA) is 63.9 Å². The summed E-state index contributed by atoms with van der Waals surface area (Å²) in [5.41, 5.74) is 13.2. The Morgan fingerprint density at radius 1 is 0.529 bits per heavy atom. The number of aliphatic imine (C=N–C) groups is 1. The summed E-state index contributed by atoms with van der Waals surface area (Å²) in [6.45, 7) is 9.93. The molecule has 0 saturated heterocycles.